The van der Waals surface area contributed by atoms with Gasteiger partial charge in [-0.25, -0.2) is 9.78 Å². The summed E-state index contributed by atoms with van der Waals surface area (Å²) in [5.41, 5.74) is 3.93. The van der Waals surface area contributed by atoms with Crippen LogP contribution in [0.4, 0.5) is 4.79 Å². The normalized spacial score (nSPS) is 10.7. The highest BCUT2D eigenvalue weighted by atomic mass is 35.5. The zero-order chi connectivity index (χ0) is 20.4. The van der Waals surface area contributed by atoms with E-state index in [1.54, 1.807) is 18.2 Å². The largest absolute Gasteiger partial charge is 0.511 e. The van der Waals surface area contributed by atoms with Crippen molar-refractivity contribution in [2.45, 2.75) is 0 Å². The summed E-state index contributed by atoms with van der Waals surface area (Å²) in [6.45, 7) is 0. The standard InChI is InChI=1S/C22H13Cl2NO3S/c23-17-9-7-14(10-18(17)24)19-12-29-21(25-19)15-6-8-16(13-4-2-1-3-5-13)20(11-15)28-22(26)27/h1-12H,(H,26,27). The molecule has 29 heavy (non-hydrogen) atoms. The van der Waals surface area contributed by atoms with Crippen molar-refractivity contribution in [1.82, 2.24) is 4.98 Å². The highest BCUT2D eigenvalue weighted by Crippen LogP contribution is 2.37. The first kappa shape index (κ1) is 19.5. The van der Waals surface area contributed by atoms with Gasteiger partial charge in [-0.2, -0.15) is 0 Å². The summed E-state index contributed by atoms with van der Waals surface area (Å²) < 4.78 is 5.04. The summed E-state index contributed by atoms with van der Waals surface area (Å²) >= 11 is 13.5. The van der Waals surface area contributed by atoms with Crippen molar-refractivity contribution in [3.8, 4) is 38.7 Å². The molecular formula is C22H13Cl2NO3S. The van der Waals surface area contributed by atoms with Crippen LogP contribution in [0.2, 0.25) is 10.0 Å². The van der Waals surface area contributed by atoms with Crippen LogP contribution >= 0.6 is 34.5 Å². The monoisotopic (exact) mass is 441 g/mol. The summed E-state index contributed by atoms with van der Waals surface area (Å²) in [6.07, 6.45) is -1.37. The van der Waals surface area contributed by atoms with Crippen LogP contribution in [0.5, 0.6) is 5.75 Å². The van der Waals surface area contributed by atoms with Gasteiger partial charge >= 0.3 is 6.16 Å². The lowest BCUT2D eigenvalue weighted by Crippen LogP contribution is -2.04. The minimum Gasteiger partial charge on any atom is -0.449 e. The van der Waals surface area contributed by atoms with Gasteiger partial charge in [-0.05, 0) is 29.8 Å². The number of carboxylic acid groups (broad SMARTS) is 1. The summed E-state index contributed by atoms with van der Waals surface area (Å²) in [4.78, 5) is 15.8. The number of nitrogens with zero attached hydrogens (tertiary/aromatic N) is 1. The molecule has 1 aromatic heterocycles. The number of benzene rings is 3. The summed E-state index contributed by atoms with van der Waals surface area (Å²) in [5.74, 6) is 0.257. The number of halogens is 2. The maximum Gasteiger partial charge on any atom is 0.511 e. The molecule has 1 heterocycles. The second-order valence-electron chi connectivity index (χ2n) is 6.11. The van der Waals surface area contributed by atoms with E-state index in [1.165, 1.54) is 11.3 Å². The molecule has 0 aliphatic rings. The Hall–Kier alpha value is -2.86. The average molecular weight is 442 g/mol. The van der Waals surface area contributed by atoms with Crippen molar-refractivity contribution in [1.29, 1.82) is 0 Å². The molecule has 7 heteroatoms. The van der Waals surface area contributed by atoms with Gasteiger partial charge in [-0.3, -0.25) is 0 Å². The van der Waals surface area contributed by atoms with Gasteiger partial charge in [0.05, 0.1) is 15.7 Å². The van der Waals surface area contributed by atoms with Gasteiger partial charge in [0.15, 0.2) is 0 Å². The third-order valence-electron chi connectivity index (χ3n) is 4.23. The van der Waals surface area contributed by atoms with E-state index in [0.717, 1.165) is 27.4 Å². The molecule has 4 rings (SSSR count). The predicted molar refractivity (Wildman–Crippen MR) is 117 cm³/mol. The number of hydrogen-bond acceptors (Lipinski definition) is 4. The van der Waals surface area contributed by atoms with Crippen LogP contribution in [0.3, 0.4) is 0 Å². The number of thiazole rings is 1. The van der Waals surface area contributed by atoms with Crippen molar-refractivity contribution in [3.63, 3.8) is 0 Å². The molecule has 144 valence electrons. The Labute approximate surface area is 181 Å². The van der Waals surface area contributed by atoms with E-state index in [1.807, 2.05) is 53.9 Å². The molecule has 0 saturated heterocycles. The Balaban J connectivity index is 1.73. The minimum atomic E-state index is -1.37. The number of rotatable bonds is 4. The molecule has 0 unspecified atom stereocenters. The van der Waals surface area contributed by atoms with Crippen molar-refractivity contribution in [3.05, 3.63) is 82.2 Å². The second-order valence-corrected chi connectivity index (χ2v) is 7.78. The molecule has 0 amide bonds. The van der Waals surface area contributed by atoms with Crippen molar-refractivity contribution >= 4 is 40.7 Å². The average Bonchev–Trinajstić information content (AvgIpc) is 3.20. The minimum absolute atomic E-state index is 0.257. The van der Waals surface area contributed by atoms with Gasteiger partial charge in [0, 0.05) is 22.1 Å². The fourth-order valence-electron chi connectivity index (χ4n) is 2.88. The zero-order valence-electron chi connectivity index (χ0n) is 14.8. The SMILES string of the molecule is O=C(O)Oc1cc(-c2nc(-c3ccc(Cl)c(Cl)c3)cs2)ccc1-c1ccccc1. The Morgan fingerprint density at radius 2 is 1.66 bits per heavy atom. The number of ether oxygens (including phenoxy) is 1. The lowest BCUT2D eigenvalue weighted by atomic mass is 10.0. The Morgan fingerprint density at radius 1 is 0.897 bits per heavy atom. The third-order valence-corrected chi connectivity index (χ3v) is 5.86. The van der Waals surface area contributed by atoms with Crippen LogP contribution < -0.4 is 4.74 Å². The van der Waals surface area contributed by atoms with Gasteiger partial charge in [0.25, 0.3) is 0 Å². The molecule has 3 aromatic carbocycles. The predicted octanol–water partition coefficient (Wildman–Crippen LogP) is 7.51. The number of hydrogen-bond donors (Lipinski definition) is 1. The fourth-order valence-corrected chi connectivity index (χ4v) is 4.01. The quantitative estimate of drug-likeness (QED) is 0.263. The van der Waals surface area contributed by atoms with Crippen molar-refractivity contribution in [2.24, 2.45) is 0 Å². The first-order chi connectivity index (χ1) is 14.0. The fraction of sp³-hybridized carbons (Fsp3) is 0. The maximum absolute atomic E-state index is 11.2. The molecular weight excluding hydrogens is 429 g/mol. The lowest BCUT2D eigenvalue weighted by Gasteiger charge is -2.10. The van der Waals surface area contributed by atoms with Crippen LogP contribution in [0.1, 0.15) is 0 Å². The van der Waals surface area contributed by atoms with Gasteiger partial charge in [-0.1, -0.05) is 65.7 Å². The second kappa shape index (κ2) is 8.25. The van der Waals surface area contributed by atoms with Crippen LogP contribution in [-0.2, 0) is 0 Å². The summed E-state index contributed by atoms with van der Waals surface area (Å²) in [6, 6.07) is 20.2. The lowest BCUT2D eigenvalue weighted by molar-refractivity contribution is 0.144. The van der Waals surface area contributed by atoms with Crippen LogP contribution in [0.15, 0.2) is 72.1 Å². The summed E-state index contributed by atoms with van der Waals surface area (Å²) in [7, 11) is 0. The molecule has 0 spiro atoms. The molecule has 0 atom stereocenters. The van der Waals surface area contributed by atoms with E-state index in [-0.39, 0.29) is 5.75 Å². The molecule has 0 saturated carbocycles. The van der Waals surface area contributed by atoms with Gasteiger partial charge in [-0.15, -0.1) is 11.3 Å². The topological polar surface area (TPSA) is 59.4 Å². The van der Waals surface area contributed by atoms with E-state index in [4.69, 9.17) is 33.0 Å². The summed E-state index contributed by atoms with van der Waals surface area (Å²) in [5, 5.41) is 12.7. The van der Waals surface area contributed by atoms with E-state index >= 15 is 0 Å². The van der Waals surface area contributed by atoms with Gasteiger partial charge in [0.2, 0.25) is 0 Å². The van der Waals surface area contributed by atoms with E-state index in [9.17, 15) is 4.79 Å². The molecule has 0 fully saturated rings. The molecule has 4 aromatic rings. The van der Waals surface area contributed by atoms with Crippen LogP contribution in [0.25, 0.3) is 33.0 Å². The number of carbonyl (C=O) groups is 1. The Kier molecular flexibility index (Phi) is 5.53. The number of aromatic nitrogens is 1. The van der Waals surface area contributed by atoms with Crippen LogP contribution in [0, 0.1) is 0 Å². The third kappa shape index (κ3) is 4.27. The molecule has 0 aliphatic heterocycles. The highest BCUT2D eigenvalue weighted by molar-refractivity contribution is 7.13. The Morgan fingerprint density at radius 3 is 2.38 bits per heavy atom. The zero-order valence-corrected chi connectivity index (χ0v) is 17.1. The van der Waals surface area contributed by atoms with Gasteiger partial charge in [0.1, 0.15) is 10.8 Å². The molecule has 0 bridgehead atoms. The Bertz CT molecular complexity index is 1190. The van der Waals surface area contributed by atoms with E-state index < -0.39 is 6.16 Å². The molecule has 1 N–H and O–H groups in total. The van der Waals surface area contributed by atoms with Crippen molar-refractivity contribution in [2.75, 3.05) is 0 Å². The van der Waals surface area contributed by atoms with Crippen molar-refractivity contribution < 1.29 is 14.6 Å². The molecule has 4 nitrogen and oxygen atoms in total. The van der Waals surface area contributed by atoms with E-state index in [2.05, 4.69) is 4.98 Å². The first-order valence-electron chi connectivity index (χ1n) is 8.53. The first-order valence-corrected chi connectivity index (χ1v) is 10.2. The van der Waals surface area contributed by atoms with Gasteiger partial charge < -0.3 is 9.84 Å². The van der Waals surface area contributed by atoms with E-state index in [0.29, 0.717) is 15.6 Å². The maximum atomic E-state index is 11.2. The molecule has 0 aliphatic carbocycles. The highest BCUT2D eigenvalue weighted by Gasteiger charge is 2.14. The smallest absolute Gasteiger partial charge is 0.449 e. The van der Waals surface area contributed by atoms with Crippen LogP contribution in [-0.4, -0.2) is 16.2 Å². The molecule has 0 radical (unpaired) electrons.